The van der Waals surface area contributed by atoms with Crippen LogP contribution in [0.4, 0.5) is 4.39 Å². The van der Waals surface area contributed by atoms with E-state index >= 15 is 0 Å². The Morgan fingerprint density at radius 3 is 3.12 bits per heavy atom. The Hall–Kier alpha value is -1.14. The number of benzene rings is 1. The number of thioether (sulfide) groups is 1. The number of hydrogen-bond acceptors (Lipinski definition) is 4. The lowest BCUT2D eigenvalue weighted by atomic mass is 10.3. The minimum atomic E-state index is -0.820. The Morgan fingerprint density at radius 1 is 1.56 bits per heavy atom. The first-order valence-electron chi connectivity index (χ1n) is 4.56. The van der Waals surface area contributed by atoms with Gasteiger partial charge in [0, 0.05) is 5.75 Å². The smallest absolute Gasteiger partial charge is 0.304 e. The molecule has 1 heterocycles. The van der Waals surface area contributed by atoms with Crippen LogP contribution in [0.25, 0.3) is 10.2 Å². The summed E-state index contributed by atoms with van der Waals surface area (Å²) >= 11 is 2.77. The molecule has 1 aromatic heterocycles. The zero-order valence-electron chi connectivity index (χ0n) is 8.14. The lowest BCUT2D eigenvalue weighted by Crippen LogP contribution is -1.95. The number of carboxylic acid groups (broad SMARTS) is 1. The number of rotatable bonds is 4. The van der Waals surface area contributed by atoms with Crippen LogP contribution in [0.15, 0.2) is 22.5 Å². The molecule has 2 aromatic rings. The molecule has 1 aromatic carbocycles. The van der Waals surface area contributed by atoms with E-state index in [1.807, 2.05) is 0 Å². The van der Waals surface area contributed by atoms with Crippen molar-refractivity contribution in [2.24, 2.45) is 0 Å². The maximum atomic E-state index is 12.9. The molecule has 6 heteroatoms. The summed E-state index contributed by atoms with van der Waals surface area (Å²) in [4.78, 5) is 14.6. The molecule has 16 heavy (non-hydrogen) atoms. The normalized spacial score (nSPS) is 10.8. The predicted molar refractivity (Wildman–Crippen MR) is 62.6 cm³/mol. The maximum absolute atomic E-state index is 12.9. The zero-order chi connectivity index (χ0) is 11.5. The highest BCUT2D eigenvalue weighted by atomic mass is 32.2. The summed E-state index contributed by atoms with van der Waals surface area (Å²) in [6, 6.07) is 4.43. The Balaban J connectivity index is 2.10. The summed E-state index contributed by atoms with van der Waals surface area (Å²) in [5, 5.41) is 8.49. The molecule has 0 aliphatic heterocycles. The molecule has 0 unspecified atom stereocenters. The van der Waals surface area contributed by atoms with Crippen LogP contribution in [0.3, 0.4) is 0 Å². The first-order valence-corrected chi connectivity index (χ1v) is 6.36. The van der Waals surface area contributed by atoms with Crippen molar-refractivity contribution in [1.29, 1.82) is 0 Å². The molecule has 0 spiro atoms. The third-order valence-corrected chi connectivity index (χ3v) is 4.04. The predicted octanol–water partition coefficient (Wildman–Crippen LogP) is 3.00. The highest BCUT2D eigenvalue weighted by Gasteiger charge is 2.06. The van der Waals surface area contributed by atoms with E-state index in [0.29, 0.717) is 5.75 Å². The van der Waals surface area contributed by atoms with E-state index in [-0.39, 0.29) is 12.2 Å². The molecule has 0 aliphatic rings. The van der Waals surface area contributed by atoms with Crippen molar-refractivity contribution in [2.45, 2.75) is 10.8 Å². The van der Waals surface area contributed by atoms with Gasteiger partial charge < -0.3 is 5.11 Å². The number of thiazole rings is 1. The minimum absolute atomic E-state index is 0.106. The second-order valence-electron chi connectivity index (χ2n) is 3.08. The molecule has 3 nitrogen and oxygen atoms in total. The molecule has 0 aliphatic carbocycles. The lowest BCUT2D eigenvalue weighted by Gasteiger charge is -1.91. The van der Waals surface area contributed by atoms with Crippen molar-refractivity contribution in [3.05, 3.63) is 24.0 Å². The molecular weight excluding hydrogens is 249 g/mol. The third kappa shape index (κ3) is 2.70. The van der Waals surface area contributed by atoms with Crippen LogP contribution in [0, 0.1) is 5.82 Å². The van der Waals surface area contributed by atoms with Gasteiger partial charge in [0.2, 0.25) is 0 Å². The van der Waals surface area contributed by atoms with Gasteiger partial charge in [-0.1, -0.05) is 11.8 Å². The van der Waals surface area contributed by atoms with Crippen molar-refractivity contribution < 1.29 is 14.3 Å². The Labute approximate surface area is 99.3 Å². The van der Waals surface area contributed by atoms with E-state index in [0.717, 1.165) is 14.6 Å². The van der Waals surface area contributed by atoms with Gasteiger partial charge in [0.15, 0.2) is 4.34 Å². The monoisotopic (exact) mass is 257 g/mol. The second-order valence-corrected chi connectivity index (χ2v) is 5.46. The average molecular weight is 257 g/mol. The standard InChI is InChI=1S/C10H8FNO2S2/c11-6-1-2-7-8(5-6)16-10(12-7)15-4-3-9(13)14/h1-2,5H,3-4H2,(H,13,14). The first-order chi connectivity index (χ1) is 7.65. The minimum Gasteiger partial charge on any atom is -0.481 e. The van der Waals surface area contributed by atoms with E-state index in [1.165, 1.54) is 35.2 Å². The van der Waals surface area contributed by atoms with Crippen molar-refractivity contribution in [3.8, 4) is 0 Å². The third-order valence-electron chi connectivity index (χ3n) is 1.87. The summed E-state index contributed by atoms with van der Waals surface area (Å²) in [5.41, 5.74) is 0.754. The molecule has 84 valence electrons. The van der Waals surface area contributed by atoms with Crippen LogP contribution in [-0.2, 0) is 4.79 Å². The van der Waals surface area contributed by atoms with Gasteiger partial charge in [0.1, 0.15) is 5.82 Å². The van der Waals surface area contributed by atoms with Crippen LogP contribution in [0.1, 0.15) is 6.42 Å². The van der Waals surface area contributed by atoms with E-state index < -0.39 is 5.97 Å². The molecule has 0 bridgehead atoms. The largest absolute Gasteiger partial charge is 0.481 e. The summed E-state index contributed by atoms with van der Waals surface area (Å²) in [6.45, 7) is 0. The van der Waals surface area contributed by atoms with Gasteiger partial charge >= 0.3 is 5.97 Å². The molecule has 0 saturated carbocycles. The molecule has 1 N–H and O–H groups in total. The van der Waals surface area contributed by atoms with Crippen molar-refractivity contribution in [3.63, 3.8) is 0 Å². The van der Waals surface area contributed by atoms with Crippen LogP contribution in [-0.4, -0.2) is 21.8 Å². The molecule has 0 fully saturated rings. The number of hydrogen-bond donors (Lipinski definition) is 1. The van der Waals surface area contributed by atoms with Crippen molar-refractivity contribution in [1.82, 2.24) is 4.98 Å². The van der Waals surface area contributed by atoms with Gasteiger partial charge in [0.25, 0.3) is 0 Å². The fraction of sp³-hybridized carbons (Fsp3) is 0.200. The zero-order valence-corrected chi connectivity index (χ0v) is 9.78. The van der Waals surface area contributed by atoms with Gasteiger partial charge in [0.05, 0.1) is 16.6 Å². The van der Waals surface area contributed by atoms with E-state index in [4.69, 9.17) is 5.11 Å². The first kappa shape index (κ1) is 11.3. The summed E-state index contributed by atoms with van der Waals surface area (Å²) in [6.07, 6.45) is 0.106. The Bertz CT molecular complexity index is 527. The fourth-order valence-electron chi connectivity index (χ4n) is 1.16. The average Bonchev–Trinajstić information content (AvgIpc) is 2.58. The van der Waals surface area contributed by atoms with Gasteiger partial charge in [-0.3, -0.25) is 4.79 Å². The summed E-state index contributed by atoms with van der Waals surface area (Å²) < 4.78 is 14.5. The topological polar surface area (TPSA) is 50.2 Å². The van der Waals surface area contributed by atoms with Crippen LogP contribution in [0.5, 0.6) is 0 Å². The molecular formula is C10H8FNO2S2. The quantitative estimate of drug-likeness (QED) is 0.855. The maximum Gasteiger partial charge on any atom is 0.304 e. The number of carboxylic acids is 1. The number of aromatic nitrogens is 1. The summed E-state index contributed by atoms with van der Waals surface area (Å²) in [7, 11) is 0. The lowest BCUT2D eigenvalue weighted by molar-refractivity contribution is -0.136. The molecule has 2 rings (SSSR count). The van der Waals surface area contributed by atoms with Crippen LogP contribution >= 0.6 is 23.1 Å². The van der Waals surface area contributed by atoms with Crippen LogP contribution in [0.2, 0.25) is 0 Å². The fourth-order valence-corrected chi connectivity index (χ4v) is 3.26. The number of aliphatic carboxylic acids is 1. The Morgan fingerprint density at radius 2 is 2.38 bits per heavy atom. The number of carbonyl (C=O) groups is 1. The van der Waals surface area contributed by atoms with Gasteiger partial charge in [-0.05, 0) is 18.2 Å². The number of halogens is 1. The van der Waals surface area contributed by atoms with Crippen LogP contribution < -0.4 is 0 Å². The molecule has 0 amide bonds. The van der Waals surface area contributed by atoms with Crippen molar-refractivity contribution >= 4 is 39.3 Å². The second kappa shape index (κ2) is 4.80. The molecule has 0 saturated heterocycles. The Kier molecular flexibility index (Phi) is 3.40. The molecule has 0 radical (unpaired) electrons. The van der Waals surface area contributed by atoms with E-state index in [2.05, 4.69) is 4.98 Å². The van der Waals surface area contributed by atoms with E-state index in [9.17, 15) is 9.18 Å². The highest BCUT2D eigenvalue weighted by Crippen LogP contribution is 2.30. The highest BCUT2D eigenvalue weighted by molar-refractivity contribution is 8.01. The van der Waals surface area contributed by atoms with Gasteiger partial charge in [-0.15, -0.1) is 11.3 Å². The SMILES string of the molecule is O=C(O)CCSc1nc2ccc(F)cc2s1. The molecule has 0 atom stereocenters. The summed E-state index contributed by atoms with van der Waals surface area (Å²) in [5.74, 6) is -0.615. The van der Waals surface area contributed by atoms with E-state index in [1.54, 1.807) is 6.07 Å². The number of fused-ring (bicyclic) bond motifs is 1. The van der Waals surface area contributed by atoms with Crippen molar-refractivity contribution in [2.75, 3.05) is 5.75 Å². The van der Waals surface area contributed by atoms with Gasteiger partial charge in [-0.2, -0.15) is 0 Å². The number of nitrogens with zero attached hydrogens (tertiary/aromatic N) is 1. The van der Waals surface area contributed by atoms with Gasteiger partial charge in [-0.25, -0.2) is 9.37 Å².